The van der Waals surface area contributed by atoms with Crippen LogP contribution in [0.25, 0.3) is 0 Å². The predicted molar refractivity (Wildman–Crippen MR) is 101 cm³/mol. The van der Waals surface area contributed by atoms with Gasteiger partial charge in [0.1, 0.15) is 11.6 Å². The molecule has 0 saturated carbocycles. The smallest absolute Gasteiger partial charge is 0.274 e. The number of hydrogen-bond donors (Lipinski definition) is 1. The number of anilines is 1. The van der Waals surface area contributed by atoms with Gasteiger partial charge >= 0.3 is 0 Å². The number of benzene rings is 1. The number of aromatic nitrogens is 2. The van der Waals surface area contributed by atoms with Crippen LogP contribution in [-0.2, 0) is 11.2 Å². The van der Waals surface area contributed by atoms with Gasteiger partial charge in [-0.3, -0.25) is 9.59 Å². The Labute approximate surface area is 158 Å². The highest BCUT2D eigenvalue weighted by Gasteiger charge is 2.22. The Morgan fingerprint density at radius 3 is 2.44 bits per heavy atom. The minimum absolute atomic E-state index is 0.155. The fourth-order valence-corrected chi connectivity index (χ4v) is 2.86. The third-order valence-electron chi connectivity index (χ3n) is 4.51. The minimum atomic E-state index is -0.155. The molecule has 0 atom stereocenters. The third kappa shape index (κ3) is 4.93. The third-order valence-corrected chi connectivity index (χ3v) is 4.51. The van der Waals surface area contributed by atoms with Gasteiger partial charge in [0.05, 0.1) is 7.11 Å². The summed E-state index contributed by atoms with van der Waals surface area (Å²) in [5.41, 5.74) is 1.51. The second-order valence-corrected chi connectivity index (χ2v) is 6.26. The molecule has 1 aliphatic rings. The molecular formula is C19H23N5O3. The Bertz CT molecular complexity index is 756. The van der Waals surface area contributed by atoms with Crippen LogP contribution in [0.5, 0.6) is 5.75 Å². The molecule has 2 amide bonds. The topological polar surface area (TPSA) is 87.7 Å². The van der Waals surface area contributed by atoms with E-state index in [2.05, 4.69) is 15.5 Å². The quantitative estimate of drug-likeness (QED) is 0.734. The van der Waals surface area contributed by atoms with Crippen LogP contribution in [-0.4, -0.2) is 72.1 Å². The molecule has 2 aromatic rings. The molecule has 1 fully saturated rings. The maximum absolute atomic E-state index is 12.4. The first-order valence-electron chi connectivity index (χ1n) is 8.89. The van der Waals surface area contributed by atoms with Crippen molar-refractivity contribution in [2.45, 2.75) is 6.42 Å². The summed E-state index contributed by atoms with van der Waals surface area (Å²) in [6, 6.07) is 11.4. The van der Waals surface area contributed by atoms with Crippen LogP contribution in [0.3, 0.4) is 0 Å². The largest absolute Gasteiger partial charge is 0.497 e. The molecule has 1 aromatic carbocycles. The number of nitrogens with zero attached hydrogens (tertiary/aromatic N) is 4. The van der Waals surface area contributed by atoms with Gasteiger partial charge in [0.25, 0.3) is 5.91 Å². The number of nitrogens with one attached hydrogen (secondary N) is 1. The molecule has 8 heteroatoms. The molecule has 1 N–H and O–H groups in total. The molecule has 0 spiro atoms. The highest BCUT2D eigenvalue weighted by atomic mass is 16.5. The van der Waals surface area contributed by atoms with E-state index in [1.807, 2.05) is 24.3 Å². The Hall–Kier alpha value is -3.16. The highest BCUT2D eigenvalue weighted by Crippen LogP contribution is 2.12. The van der Waals surface area contributed by atoms with Crippen LogP contribution in [0.1, 0.15) is 16.1 Å². The first-order valence-corrected chi connectivity index (χ1v) is 8.89. The van der Waals surface area contributed by atoms with E-state index >= 15 is 0 Å². The van der Waals surface area contributed by atoms with E-state index in [-0.39, 0.29) is 5.91 Å². The van der Waals surface area contributed by atoms with Crippen molar-refractivity contribution in [3.05, 3.63) is 47.7 Å². The normalized spacial score (nSPS) is 14.0. The van der Waals surface area contributed by atoms with Gasteiger partial charge in [-0.25, -0.2) is 0 Å². The summed E-state index contributed by atoms with van der Waals surface area (Å²) in [6.45, 7) is 2.84. The molecule has 27 heavy (non-hydrogen) atoms. The van der Waals surface area contributed by atoms with E-state index in [9.17, 15) is 9.59 Å². The van der Waals surface area contributed by atoms with Crippen LogP contribution in [0.2, 0.25) is 0 Å². The second-order valence-electron chi connectivity index (χ2n) is 6.26. The highest BCUT2D eigenvalue weighted by molar-refractivity contribution is 5.92. The number of rotatable bonds is 7. The standard InChI is InChI=1S/C19H23N5O3/c1-27-16-4-2-15(3-5-16)8-9-20-18-7-6-17(21-22-18)19(26)24-12-10-23(14-25)11-13-24/h2-7,14H,8-13H2,1H3,(H,20,22). The average molecular weight is 369 g/mol. The van der Waals surface area contributed by atoms with Crippen LogP contribution in [0.4, 0.5) is 5.82 Å². The van der Waals surface area contributed by atoms with E-state index < -0.39 is 0 Å². The zero-order valence-electron chi connectivity index (χ0n) is 15.3. The molecule has 1 saturated heterocycles. The Balaban J connectivity index is 1.48. The molecule has 0 bridgehead atoms. The van der Waals surface area contributed by atoms with Crippen LogP contribution < -0.4 is 10.1 Å². The first kappa shape index (κ1) is 18.6. The molecular weight excluding hydrogens is 346 g/mol. The van der Waals surface area contributed by atoms with Gasteiger partial charge in [-0.15, -0.1) is 10.2 Å². The molecule has 1 aliphatic heterocycles. The van der Waals surface area contributed by atoms with Crippen molar-refractivity contribution in [3.8, 4) is 5.75 Å². The van der Waals surface area contributed by atoms with Crippen LogP contribution in [0.15, 0.2) is 36.4 Å². The van der Waals surface area contributed by atoms with Gasteiger partial charge < -0.3 is 19.9 Å². The molecule has 0 unspecified atom stereocenters. The number of piperazine rings is 1. The van der Waals surface area contributed by atoms with Crippen molar-refractivity contribution in [1.29, 1.82) is 0 Å². The molecule has 3 rings (SSSR count). The lowest BCUT2D eigenvalue weighted by Gasteiger charge is -2.32. The van der Waals surface area contributed by atoms with Gasteiger partial charge in [-0.1, -0.05) is 12.1 Å². The number of hydrogen-bond acceptors (Lipinski definition) is 6. The van der Waals surface area contributed by atoms with Gasteiger partial charge in [-0.05, 0) is 36.2 Å². The molecule has 1 aromatic heterocycles. The van der Waals surface area contributed by atoms with Crippen molar-refractivity contribution in [2.75, 3.05) is 45.2 Å². The van der Waals surface area contributed by atoms with Crippen molar-refractivity contribution in [2.24, 2.45) is 0 Å². The van der Waals surface area contributed by atoms with E-state index in [0.29, 0.717) is 44.2 Å². The molecule has 0 radical (unpaired) electrons. The molecule has 142 valence electrons. The fourth-order valence-electron chi connectivity index (χ4n) is 2.86. The summed E-state index contributed by atoms with van der Waals surface area (Å²) in [6.07, 6.45) is 1.65. The van der Waals surface area contributed by atoms with Crippen LogP contribution in [0, 0.1) is 0 Å². The maximum atomic E-state index is 12.4. The van der Waals surface area contributed by atoms with E-state index in [0.717, 1.165) is 18.6 Å². The Kier molecular flexibility index (Phi) is 6.19. The zero-order chi connectivity index (χ0) is 19.1. The summed E-state index contributed by atoms with van der Waals surface area (Å²) in [4.78, 5) is 26.5. The van der Waals surface area contributed by atoms with E-state index in [1.165, 1.54) is 5.56 Å². The number of carbonyl (C=O) groups excluding carboxylic acids is 2. The molecule has 8 nitrogen and oxygen atoms in total. The number of ether oxygens (including phenoxy) is 1. The van der Waals surface area contributed by atoms with Gasteiger partial charge in [0.15, 0.2) is 5.69 Å². The lowest BCUT2D eigenvalue weighted by Crippen LogP contribution is -2.48. The predicted octanol–water partition coefficient (Wildman–Crippen LogP) is 1.05. The van der Waals surface area contributed by atoms with Gasteiger partial charge in [0, 0.05) is 32.7 Å². The second kappa shape index (κ2) is 8.98. The zero-order valence-corrected chi connectivity index (χ0v) is 15.3. The fraction of sp³-hybridized carbons (Fsp3) is 0.368. The minimum Gasteiger partial charge on any atom is -0.497 e. The summed E-state index contributed by atoms with van der Waals surface area (Å²) in [7, 11) is 1.65. The number of carbonyl (C=O) groups is 2. The number of amides is 2. The number of methoxy groups -OCH3 is 1. The monoisotopic (exact) mass is 369 g/mol. The lowest BCUT2D eigenvalue weighted by atomic mass is 10.1. The van der Waals surface area contributed by atoms with Crippen LogP contribution >= 0.6 is 0 Å². The van der Waals surface area contributed by atoms with Crippen molar-refractivity contribution in [1.82, 2.24) is 20.0 Å². The van der Waals surface area contributed by atoms with E-state index in [1.54, 1.807) is 29.0 Å². The molecule has 0 aliphatic carbocycles. The maximum Gasteiger partial charge on any atom is 0.274 e. The Morgan fingerprint density at radius 2 is 1.85 bits per heavy atom. The van der Waals surface area contributed by atoms with Gasteiger partial charge in [-0.2, -0.15) is 0 Å². The Morgan fingerprint density at radius 1 is 1.11 bits per heavy atom. The summed E-state index contributed by atoms with van der Waals surface area (Å²) < 4.78 is 5.15. The SMILES string of the molecule is COc1ccc(CCNc2ccc(C(=O)N3CCN(C=O)CC3)nn2)cc1. The van der Waals surface area contributed by atoms with Crippen molar-refractivity contribution in [3.63, 3.8) is 0 Å². The van der Waals surface area contributed by atoms with E-state index in [4.69, 9.17) is 4.74 Å². The van der Waals surface area contributed by atoms with Gasteiger partial charge in [0.2, 0.25) is 6.41 Å². The summed E-state index contributed by atoms with van der Waals surface area (Å²) in [5.74, 6) is 1.31. The molecule has 2 heterocycles. The summed E-state index contributed by atoms with van der Waals surface area (Å²) in [5, 5.41) is 11.3. The lowest BCUT2D eigenvalue weighted by molar-refractivity contribution is -0.119. The first-order chi connectivity index (χ1) is 13.2. The van der Waals surface area contributed by atoms with Crippen molar-refractivity contribution < 1.29 is 14.3 Å². The van der Waals surface area contributed by atoms with Crippen molar-refractivity contribution >= 4 is 18.1 Å². The average Bonchev–Trinajstić information content (AvgIpc) is 2.74. The summed E-state index contributed by atoms with van der Waals surface area (Å²) >= 11 is 0.